The molecule has 0 radical (unpaired) electrons. The van der Waals surface area contributed by atoms with Crippen molar-refractivity contribution in [2.24, 2.45) is 5.92 Å². The molecule has 1 aromatic rings. The van der Waals surface area contributed by atoms with Crippen LogP contribution in [0.1, 0.15) is 71.1 Å². The first-order valence-electron chi connectivity index (χ1n) is 15.3. The number of rotatable bonds is 7. The quantitative estimate of drug-likeness (QED) is 0.351. The number of nitrogens with zero attached hydrogens (tertiary/aromatic N) is 3. The summed E-state index contributed by atoms with van der Waals surface area (Å²) >= 11 is 3.25. The van der Waals surface area contributed by atoms with Crippen LogP contribution in [0.3, 0.4) is 0 Å². The van der Waals surface area contributed by atoms with Gasteiger partial charge in [0, 0.05) is 50.2 Å². The highest BCUT2D eigenvalue weighted by atomic mass is 79.9. The van der Waals surface area contributed by atoms with Gasteiger partial charge >= 0.3 is 6.18 Å². The number of carbonyl (C=O) groups is 1. The van der Waals surface area contributed by atoms with E-state index in [1.54, 1.807) is 0 Å². The van der Waals surface area contributed by atoms with Crippen LogP contribution in [0.15, 0.2) is 15.5 Å². The molecule has 4 heterocycles. The minimum absolute atomic E-state index is 0.00457. The number of halogens is 4. The molecule has 42 heavy (non-hydrogen) atoms. The zero-order valence-electron chi connectivity index (χ0n) is 24.1. The van der Waals surface area contributed by atoms with Crippen molar-refractivity contribution in [2.75, 3.05) is 38.1 Å². The molecule has 1 saturated carbocycles. The fourth-order valence-electron chi connectivity index (χ4n) is 7.23. The van der Waals surface area contributed by atoms with Gasteiger partial charge in [0.1, 0.15) is 16.9 Å². The van der Waals surface area contributed by atoms with Gasteiger partial charge in [-0.3, -0.25) is 25.1 Å². The smallest absolute Gasteiger partial charge is 0.378 e. The predicted molar refractivity (Wildman–Crippen MR) is 156 cm³/mol. The third kappa shape index (κ3) is 7.14. The van der Waals surface area contributed by atoms with Crippen molar-refractivity contribution in [1.82, 2.24) is 30.6 Å². The van der Waals surface area contributed by atoms with Gasteiger partial charge in [0.05, 0.1) is 24.4 Å². The SMILES string of the molecule is C[C@@H](CO[C@@H]1CCN(C2CCN(C3NCC(C(F)(F)F)C4(CCCCCCC4)N3)CC2)C1=O)Nc1cn[nH]c(=O)c1Br. The number of piperidine rings is 1. The first-order chi connectivity index (χ1) is 20.1. The standard InChI is InChI=1S/C28H43BrF3N7O3/c1-18(35-20-15-34-37-24(40)23(20)29)17-42-21-9-14-39(25(21)41)19-7-12-38(13-8-19)26-33-16-22(28(30,31)32)27(36-26)10-5-3-2-4-6-11-27/h15,18-19,21-22,26,33,36H,2-14,16-17H2,1H3,(H2,35,37,40)/t18-,21+,22?,26?/m0/s1. The van der Waals surface area contributed by atoms with Gasteiger partial charge in [-0.1, -0.05) is 32.1 Å². The maximum atomic E-state index is 14.1. The summed E-state index contributed by atoms with van der Waals surface area (Å²) in [5.74, 6) is -1.39. The highest BCUT2D eigenvalue weighted by molar-refractivity contribution is 9.10. The molecule has 4 N–H and O–H groups in total. The minimum Gasteiger partial charge on any atom is -0.378 e. The average molecular weight is 663 g/mol. The number of carbonyl (C=O) groups excluding carboxylic acids is 1. The van der Waals surface area contributed by atoms with Crippen molar-refractivity contribution in [1.29, 1.82) is 0 Å². The number of likely N-dealkylation sites (tertiary alicyclic amines) is 2. The first kappa shape index (κ1) is 31.7. The molecule has 1 spiro atoms. The molecule has 4 aliphatic rings. The summed E-state index contributed by atoms with van der Waals surface area (Å²) in [6.45, 7) is 4.18. The van der Waals surface area contributed by atoms with E-state index in [1.807, 2.05) is 11.8 Å². The van der Waals surface area contributed by atoms with Gasteiger partial charge < -0.3 is 15.0 Å². The molecule has 2 unspecified atom stereocenters. The highest BCUT2D eigenvalue weighted by Gasteiger charge is 2.56. The number of ether oxygens (including phenoxy) is 1. The van der Waals surface area contributed by atoms with Crippen LogP contribution in [0.2, 0.25) is 0 Å². The second-order valence-corrected chi connectivity index (χ2v) is 13.1. The van der Waals surface area contributed by atoms with Gasteiger partial charge in [0.2, 0.25) is 0 Å². The van der Waals surface area contributed by atoms with Gasteiger partial charge in [0.15, 0.2) is 0 Å². The average Bonchev–Trinajstić information content (AvgIpc) is 3.31. The Morgan fingerprint density at radius 1 is 1.12 bits per heavy atom. The number of hydrogen-bond acceptors (Lipinski definition) is 8. The summed E-state index contributed by atoms with van der Waals surface area (Å²) in [7, 11) is 0. The normalized spacial score (nSPS) is 28.9. The van der Waals surface area contributed by atoms with E-state index in [9.17, 15) is 22.8 Å². The number of nitrogens with one attached hydrogen (secondary N) is 4. The van der Waals surface area contributed by atoms with E-state index in [0.717, 1.165) is 44.9 Å². The molecule has 1 amide bonds. The van der Waals surface area contributed by atoms with Crippen molar-refractivity contribution in [3.8, 4) is 0 Å². The molecular formula is C28H43BrF3N7O3. The molecule has 3 aliphatic heterocycles. The number of H-pyrrole nitrogens is 1. The summed E-state index contributed by atoms with van der Waals surface area (Å²) in [4.78, 5) is 29.1. The van der Waals surface area contributed by atoms with Gasteiger partial charge in [-0.2, -0.15) is 18.3 Å². The molecule has 3 saturated heterocycles. The molecule has 0 aromatic carbocycles. The summed E-state index contributed by atoms with van der Waals surface area (Å²) in [6.07, 6.45) is 4.49. The molecule has 1 aromatic heterocycles. The molecule has 0 bridgehead atoms. The monoisotopic (exact) mass is 661 g/mol. The zero-order valence-corrected chi connectivity index (χ0v) is 25.7. The lowest BCUT2D eigenvalue weighted by molar-refractivity contribution is -0.211. The Morgan fingerprint density at radius 3 is 2.50 bits per heavy atom. The lowest BCUT2D eigenvalue weighted by Crippen LogP contribution is -2.74. The Hall–Kier alpha value is -1.74. The van der Waals surface area contributed by atoms with E-state index >= 15 is 0 Å². The Bertz CT molecular complexity index is 1120. The third-order valence-corrected chi connectivity index (χ3v) is 10.3. The zero-order chi connectivity index (χ0) is 29.9. The molecule has 1 aliphatic carbocycles. The Labute approximate surface area is 253 Å². The number of amides is 1. The van der Waals surface area contributed by atoms with E-state index in [0.29, 0.717) is 55.7 Å². The van der Waals surface area contributed by atoms with Crippen molar-refractivity contribution in [3.05, 3.63) is 21.0 Å². The van der Waals surface area contributed by atoms with E-state index < -0.39 is 23.7 Å². The van der Waals surface area contributed by atoms with Crippen molar-refractivity contribution < 1.29 is 22.7 Å². The molecular weight excluding hydrogens is 619 g/mol. The van der Waals surface area contributed by atoms with E-state index in [1.165, 1.54) is 6.20 Å². The molecule has 5 rings (SSSR count). The van der Waals surface area contributed by atoms with Gasteiger partial charge in [-0.05, 0) is 48.5 Å². The minimum atomic E-state index is -4.24. The maximum Gasteiger partial charge on any atom is 0.394 e. The number of anilines is 1. The van der Waals surface area contributed by atoms with E-state index in [2.05, 4.69) is 47.0 Å². The lowest BCUT2D eigenvalue weighted by atomic mass is 9.72. The van der Waals surface area contributed by atoms with Gasteiger partial charge in [-0.15, -0.1) is 0 Å². The van der Waals surface area contributed by atoms with Crippen LogP contribution < -0.4 is 21.5 Å². The van der Waals surface area contributed by atoms with Crippen LogP contribution in [-0.2, 0) is 9.53 Å². The molecule has 4 atom stereocenters. The largest absolute Gasteiger partial charge is 0.394 e. The molecule has 14 heteroatoms. The Balaban J connectivity index is 1.11. The first-order valence-corrected chi connectivity index (χ1v) is 16.1. The summed E-state index contributed by atoms with van der Waals surface area (Å²) in [5, 5.41) is 16.0. The topological polar surface area (TPSA) is 115 Å². The second kappa shape index (κ2) is 13.5. The molecule has 4 fully saturated rings. The van der Waals surface area contributed by atoms with Crippen LogP contribution in [0, 0.1) is 5.92 Å². The Morgan fingerprint density at radius 2 is 1.81 bits per heavy atom. The fraction of sp³-hybridized carbons (Fsp3) is 0.821. The van der Waals surface area contributed by atoms with Crippen LogP contribution in [0.4, 0.5) is 18.9 Å². The van der Waals surface area contributed by atoms with Gasteiger partial charge in [0.25, 0.3) is 11.5 Å². The number of hydrogen-bond donors (Lipinski definition) is 4. The van der Waals surface area contributed by atoms with Crippen LogP contribution in [-0.4, -0.2) is 94.9 Å². The predicted octanol–water partition coefficient (Wildman–Crippen LogP) is 3.55. The van der Waals surface area contributed by atoms with E-state index in [4.69, 9.17) is 4.74 Å². The van der Waals surface area contributed by atoms with Crippen LogP contribution in [0.5, 0.6) is 0 Å². The lowest BCUT2D eigenvalue weighted by Gasteiger charge is -2.53. The maximum absolute atomic E-state index is 14.1. The second-order valence-electron chi connectivity index (χ2n) is 12.4. The number of aromatic amines is 1. The summed E-state index contributed by atoms with van der Waals surface area (Å²) < 4.78 is 48.7. The Kier molecular flexibility index (Phi) is 10.2. The number of aromatic nitrogens is 2. The summed E-state index contributed by atoms with van der Waals surface area (Å²) in [6, 6.07) is -0.0543. The highest BCUT2D eigenvalue weighted by Crippen LogP contribution is 2.43. The summed E-state index contributed by atoms with van der Waals surface area (Å²) in [5.41, 5.74) is -0.701. The molecule has 236 valence electrons. The third-order valence-electron chi connectivity index (χ3n) is 9.49. The van der Waals surface area contributed by atoms with Crippen LogP contribution in [0.25, 0.3) is 0 Å². The fourth-order valence-corrected chi connectivity index (χ4v) is 7.53. The number of alkyl halides is 3. The van der Waals surface area contributed by atoms with E-state index in [-0.39, 0.29) is 36.4 Å². The van der Waals surface area contributed by atoms with Crippen molar-refractivity contribution in [3.63, 3.8) is 0 Å². The van der Waals surface area contributed by atoms with Crippen molar-refractivity contribution in [2.45, 2.75) is 107 Å². The van der Waals surface area contributed by atoms with Gasteiger partial charge in [-0.25, -0.2) is 5.10 Å². The van der Waals surface area contributed by atoms with Crippen molar-refractivity contribution >= 4 is 27.5 Å². The molecule has 10 nitrogen and oxygen atoms in total. The van der Waals surface area contributed by atoms with Crippen LogP contribution >= 0.6 is 15.9 Å².